The first-order chi connectivity index (χ1) is 18.4. The second kappa shape index (κ2) is 15.3. The highest BCUT2D eigenvalue weighted by atomic mass is 16.5. The smallest absolute Gasteiger partial charge is 0.333 e. The molecular weight excluding hydrogens is 468 g/mol. The lowest BCUT2D eigenvalue weighted by atomic mass is 9.75. The van der Waals surface area contributed by atoms with Crippen molar-refractivity contribution >= 4 is 5.97 Å². The average molecular weight is 519 g/mol. The molecular formula is C35H50O3. The fourth-order valence-electron chi connectivity index (χ4n) is 6.12. The summed E-state index contributed by atoms with van der Waals surface area (Å²) in [6, 6.07) is 14.3. The van der Waals surface area contributed by atoms with Crippen molar-refractivity contribution in [3.63, 3.8) is 0 Å². The summed E-state index contributed by atoms with van der Waals surface area (Å²) in [5.74, 6) is 1.14. The third-order valence-electron chi connectivity index (χ3n) is 8.53. The summed E-state index contributed by atoms with van der Waals surface area (Å²) in [6.07, 6.45) is 12.6. The lowest BCUT2D eigenvalue weighted by Crippen LogP contribution is -2.21. The van der Waals surface area contributed by atoms with Gasteiger partial charge in [-0.1, -0.05) is 69.7 Å². The van der Waals surface area contributed by atoms with E-state index >= 15 is 0 Å². The summed E-state index contributed by atoms with van der Waals surface area (Å²) in [5, 5.41) is 9.50. The van der Waals surface area contributed by atoms with E-state index in [1.807, 2.05) is 0 Å². The molecule has 38 heavy (non-hydrogen) atoms. The van der Waals surface area contributed by atoms with E-state index in [-0.39, 0.29) is 18.5 Å². The highest BCUT2D eigenvalue weighted by molar-refractivity contribution is 5.86. The van der Waals surface area contributed by atoms with Crippen molar-refractivity contribution < 1.29 is 14.6 Å². The largest absolute Gasteiger partial charge is 0.462 e. The lowest BCUT2D eigenvalue weighted by Gasteiger charge is -2.31. The van der Waals surface area contributed by atoms with Crippen LogP contribution in [0.15, 0.2) is 48.6 Å². The zero-order valence-electron chi connectivity index (χ0n) is 24.4. The molecule has 208 valence electrons. The van der Waals surface area contributed by atoms with E-state index < -0.39 is 0 Å². The first kappa shape index (κ1) is 30.2. The molecule has 3 nitrogen and oxygen atoms in total. The number of rotatable bonds is 14. The average Bonchev–Trinajstić information content (AvgIpc) is 2.92. The molecule has 1 aliphatic rings. The minimum Gasteiger partial charge on any atom is -0.462 e. The Bertz CT molecular complexity index is 1050. The van der Waals surface area contributed by atoms with E-state index in [1.165, 1.54) is 84.7 Å². The van der Waals surface area contributed by atoms with E-state index in [2.05, 4.69) is 63.7 Å². The maximum absolute atomic E-state index is 11.8. The van der Waals surface area contributed by atoms with E-state index in [4.69, 9.17) is 4.74 Å². The molecule has 3 rings (SSSR count). The predicted octanol–water partition coefficient (Wildman–Crippen LogP) is 8.74. The van der Waals surface area contributed by atoms with Crippen LogP contribution in [0.1, 0.15) is 107 Å². The molecule has 2 aromatic rings. The second-order valence-electron chi connectivity index (χ2n) is 11.6. The number of aliphatic hydroxyl groups excluding tert-OH is 1. The van der Waals surface area contributed by atoms with Gasteiger partial charge in [-0.3, -0.25) is 0 Å². The molecule has 1 aliphatic carbocycles. The highest BCUT2D eigenvalue weighted by Gasteiger charge is 2.26. The first-order valence-corrected chi connectivity index (χ1v) is 15.0. The molecule has 0 bridgehead atoms. The minimum atomic E-state index is -0.329. The summed E-state index contributed by atoms with van der Waals surface area (Å²) in [4.78, 5) is 11.8. The Morgan fingerprint density at radius 2 is 1.82 bits per heavy atom. The first-order valence-electron chi connectivity index (χ1n) is 15.0. The van der Waals surface area contributed by atoms with Gasteiger partial charge in [0, 0.05) is 12.2 Å². The quantitative estimate of drug-likeness (QED) is 0.154. The predicted molar refractivity (Wildman–Crippen MR) is 160 cm³/mol. The molecule has 1 saturated carbocycles. The van der Waals surface area contributed by atoms with Crippen molar-refractivity contribution in [1.82, 2.24) is 0 Å². The number of benzene rings is 2. The molecule has 0 aliphatic heterocycles. The molecule has 0 radical (unpaired) electrons. The fraction of sp³-hybridized carbons (Fsp3) is 0.571. The number of ether oxygens (including phenoxy) is 1. The summed E-state index contributed by atoms with van der Waals surface area (Å²) < 4.78 is 5.41. The maximum Gasteiger partial charge on any atom is 0.333 e. The molecule has 2 aromatic carbocycles. The van der Waals surface area contributed by atoms with E-state index in [9.17, 15) is 9.90 Å². The summed E-state index contributed by atoms with van der Waals surface area (Å²) in [7, 11) is 0. The van der Waals surface area contributed by atoms with Crippen LogP contribution in [-0.2, 0) is 22.4 Å². The van der Waals surface area contributed by atoms with Crippen molar-refractivity contribution in [1.29, 1.82) is 0 Å². The second-order valence-corrected chi connectivity index (χ2v) is 11.6. The van der Waals surface area contributed by atoms with Crippen LogP contribution in [0.4, 0.5) is 0 Å². The van der Waals surface area contributed by atoms with E-state index in [1.54, 1.807) is 6.92 Å². The molecule has 1 N–H and O–H groups in total. The standard InChI is InChI=1S/C35H50O3/c1-6-8-9-10-30-15-16-33(21-26(30)5)34-18-17-32(23-29(34)7-2)31-13-11-27(12-14-31)22-28(19-20-36)24-38-35(37)25(3)4/h15-18,21,23,27-28,31,36H,3,6-14,19-20,22,24H2,1-2,4-5H3. The minimum absolute atomic E-state index is 0.137. The fourth-order valence-corrected chi connectivity index (χ4v) is 6.12. The van der Waals surface area contributed by atoms with E-state index in [0.29, 0.717) is 30.4 Å². The van der Waals surface area contributed by atoms with Crippen molar-refractivity contribution in [3.8, 4) is 11.1 Å². The summed E-state index contributed by atoms with van der Waals surface area (Å²) in [5.41, 5.74) is 8.99. The van der Waals surface area contributed by atoms with Crippen molar-refractivity contribution in [2.24, 2.45) is 11.8 Å². The number of esters is 1. The van der Waals surface area contributed by atoms with Crippen molar-refractivity contribution in [2.75, 3.05) is 13.2 Å². The number of aryl methyl sites for hydroxylation is 3. The SMILES string of the molecule is C=C(C)C(=O)OCC(CCO)CC1CCC(c2ccc(-c3ccc(CCCCC)c(C)c3)c(CC)c2)CC1. The van der Waals surface area contributed by atoms with Gasteiger partial charge in [-0.15, -0.1) is 0 Å². The monoisotopic (exact) mass is 518 g/mol. The molecule has 0 heterocycles. The number of hydrogen-bond acceptors (Lipinski definition) is 3. The zero-order chi connectivity index (χ0) is 27.5. The molecule has 1 atom stereocenters. The van der Waals surface area contributed by atoms with Gasteiger partial charge < -0.3 is 9.84 Å². The molecule has 0 amide bonds. The van der Waals surface area contributed by atoms with Crippen LogP contribution in [0.2, 0.25) is 0 Å². The molecule has 1 unspecified atom stereocenters. The van der Waals surface area contributed by atoms with Crippen LogP contribution >= 0.6 is 0 Å². The molecule has 0 spiro atoms. The van der Waals surface area contributed by atoms with Crippen LogP contribution in [-0.4, -0.2) is 24.3 Å². The topological polar surface area (TPSA) is 46.5 Å². The molecule has 3 heteroatoms. The van der Waals surface area contributed by atoms with Gasteiger partial charge in [0.1, 0.15) is 0 Å². The van der Waals surface area contributed by atoms with Gasteiger partial charge >= 0.3 is 5.97 Å². The Balaban J connectivity index is 1.61. The van der Waals surface area contributed by atoms with E-state index in [0.717, 1.165) is 12.8 Å². The van der Waals surface area contributed by atoms with Gasteiger partial charge in [-0.05, 0) is 123 Å². The number of aliphatic hydroxyl groups is 1. The Hall–Kier alpha value is -2.39. The Kier molecular flexibility index (Phi) is 12.1. The summed E-state index contributed by atoms with van der Waals surface area (Å²) >= 11 is 0. The Labute approximate surface area is 231 Å². The normalized spacial score (nSPS) is 18.2. The van der Waals surface area contributed by atoms with Crippen LogP contribution in [0.25, 0.3) is 11.1 Å². The molecule has 1 fully saturated rings. The van der Waals surface area contributed by atoms with Crippen LogP contribution in [0.3, 0.4) is 0 Å². The van der Waals surface area contributed by atoms with Crippen LogP contribution in [0.5, 0.6) is 0 Å². The number of carbonyl (C=O) groups is 1. The highest BCUT2D eigenvalue weighted by Crippen LogP contribution is 2.40. The van der Waals surface area contributed by atoms with Gasteiger partial charge in [0.05, 0.1) is 6.61 Å². The van der Waals surface area contributed by atoms with Crippen LogP contribution in [0, 0.1) is 18.8 Å². The van der Waals surface area contributed by atoms with Crippen molar-refractivity contribution in [2.45, 2.75) is 104 Å². The van der Waals surface area contributed by atoms with Gasteiger partial charge in [-0.25, -0.2) is 4.79 Å². The molecule has 0 aromatic heterocycles. The van der Waals surface area contributed by atoms with Gasteiger partial charge in [0.25, 0.3) is 0 Å². The maximum atomic E-state index is 11.8. The third-order valence-corrected chi connectivity index (χ3v) is 8.53. The van der Waals surface area contributed by atoms with Crippen LogP contribution < -0.4 is 0 Å². The van der Waals surface area contributed by atoms with Crippen molar-refractivity contribution in [3.05, 3.63) is 70.8 Å². The van der Waals surface area contributed by atoms with Gasteiger partial charge in [0.15, 0.2) is 0 Å². The Morgan fingerprint density at radius 3 is 2.45 bits per heavy atom. The number of carbonyl (C=O) groups excluding carboxylic acids is 1. The van der Waals surface area contributed by atoms with Gasteiger partial charge in [-0.2, -0.15) is 0 Å². The lowest BCUT2D eigenvalue weighted by molar-refractivity contribution is -0.140. The third kappa shape index (κ3) is 8.56. The van der Waals surface area contributed by atoms with Gasteiger partial charge in [0.2, 0.25) is 0 Å². The zero-order valence-corrected chi connectivity index (χ0v) is 24.4. The summed E-state index contributed by atoms with van der Waals surface area (Å²) in [6.45, 7) is 12.7. The number of unbranched alkanes of at least 4 members (excludes halogenated alkanes) is 2. The molecule has 0 saturated heterocycles. The number of hydrogen-bond donors (Lipinski definition) is 1. The Morgan fingerprint density at radius 1 is 1.05 bits per heavy atom.